The molecule has 0 N–H and O–H groups in total. The summed E-state index contributed by atoms with van der Waals surface area (Å²) in [4.78, 5) is 24.1. The number of carbonyl (C=O) groups is 1. The number of rotatable bonds is 4. The molecular weight excluding hydrogens is 350 g/mol. The number of ether oxygens (including phenoxy) is 1. The Bertz CT molecular complexity index is 1070. The van der Waals surface area contributed by atoms with Crippen molar-refractivity contribution in [1.82, 2.24) is 4.57 Å². The maximum Gasteiger partial charge on any atom is 0.253 e. The first-order valence-corrected chi connectivity index (χ1v) is 9.53. The predicted octanol–water partition coefficient (Wildman–Crippen LogP) is 4.00. The normalized spacial score (nSPS) is 13.3. The van der Waals surface area contributed by atoms with Gasteiger partial charge in [0.1, 0.15) is 18.1 Å². The molecule has 3 aromatic rings. The van der Waals surface area contributed by atoms with E-state index in [2.05, 4.69) is 12.1 Å². The van der Waals surface area contributed by atoms with E-state index in [0.29, 0.717) is 19.4 Å². The number of para-hydroxylation sites is 1. The van der Waals surface area contributed by atoms with Crippen LogP contribution < -0.4 is 10.3 Å². The lowest BCUT2D eigenvalue weighted by Gasteiger charge is -2.21. The minimum Gasteiger partial charge on any atom is -0.489 e. The third kappa shape index (κ3) is 3.63. The van der Waals surface area contributed by atoms with Crippen LogP contribution in [-0.4, -0.2) is 10.4 Å². The zero-order valence-corrected chi connectivity index (χ0v) is 16.2. The first kappa shape index (κ1) is 18.2. The molecule has 1 aromatic heterocycles. The lowest BCUT2D eigenvalue weighted by Crippen LogP contribution is -2.19. The second kappa shape index (κ2) is 7.47. The first-order chi connectivity index (χ1) is 13.5. The van der Waals surface area contributed by atoms with Crippen LogP contribution in [0.2, 0.25) is 0 Å². The predicted molar refractivity (Wildman–Crippen MR) is 110 cm³/mol. The summed E-state index contributed by atoms with van der Waals surface area (Å²) in [7, 11) is 1.77. The summed E-state index contributed by atoms with van der Waals surface area (Å²) in [6.45, 7) is 2.25. The van der Waals surface area contributed by atoms with E-state index in [4.69, 9.17) is 4.74 Å². The molecule has 0 unspecified atom stereocenters. The number of nitrogens with zero attached hydrogens (tertiary/aromatic N) is 1. The van der Waals surface area contributed by atoms with E-state index in [1.165, 1.54) is 5.56 Å². The molecule has 0 radical (unpaired) electrons. The van der Waals surface area contributed by atoms with Gasteiger partial charge in [-0.15, -0.1) is 0 Å². The van der Waals surface area contributed by atoms with Crippen molar-refractivity contribution in [3.05, 3.63) is 87.3 Å². The highest BCUT2D eigenvalue weighted by Gasteiger charge is 2.20. The third-order valence-electron chi connectivity index (χ3n) is 5.32. The van der Waals surface area contributed by atoms with Crippen molar-refractivity contribution in [1.29, 1.82) is 0 Å². The van der Waals surface area contributed by atoms with Gasteiger partial charge in [-0.3, -0.25) is 9.59 Å². The lowest BCUT2D eigenvalue weighted by molar-refractivity contribution is -0.118. The Morgan fingerprint density at radius 1 is 1.00 bits per heavy atom. The van der Waals surface area contributed by atoms with Crippen molar-refractivity contribution in [2.45, 2.75) is 32.8 Å². The molecule has 1 aliphatic carbocycles. The minimum absolute atomic E-state index is 0.0138. The number of fused-ring (bicyclic) bond motifs is 1. The van der Waals surface area contributed by atoms with Gasteiger partial charge in [-0.1, -0.05) is 24.3 Å². The van der Waals surface area contributed by atoms with E-state index in [9.17, 15) is 9.59 Å². The Kier molecular flexibility index (Phi) is 4.86. The fourth-order valence-electron chi connectivity index (χ4n) is 3.82. The van der Waals surface area contributed by atoms with E-state index >= 15 is 0 Å². The van der Waals surface area contributed by atoms with E-state index in [1.54, 1.807) is 11.6 Å². The molecule has 1 heterocycles. The molecule has 4 nitrogen and oxygen atoms in total. The van der Waals surface area contributed by atoms with Crippen molar-refractivity contribution in [2.75, 3.05) is 0 Å². The van der Waals surface area contributed by atoms with Crippen molar-refractivity contribution in [3.63, 3.8) is 0 Å². The summed E-state index contributed by atoms with van der Waals surface area (Å²) in [6.07, 6.45) is 3.68. The minimum atomic E-state index is 0.0138. The summed E-state index contributed by atoms with van der Waals surface area (Å²) in [5.41, 5.74) is 6.12. The molecule has 0 saturated heterocycles. The number of aromatic nitrogens is 1. The van der Waals surface area contributed by atoms with E-state index in [1.807, 2.05) is 49.5 Å². The Hall–Kier alpha value is -3.14. The van der Waals surface area contributed by atoms with Crippen LogP contribution in [-0.2, 0) is 31.3 Å². The van der Waals surface area contributed by atoms with Crippen LogP contribution in [0.15, 0.2) is 59.5 Å². The van der Waals surface area contributed by atoms with Crippen LogP contribution in [0.5, 0.6) is 5.75 Å². The zero-order chi connectivity index (χ0) is 19.7. The maximum absolute atomic E-state index is 12.1. The molecular formula is C24H23NO3. The SMILES string of the molecule is Cc1cc(-c2cc3c(c(COc4ccccc4)c2)CC(=O)CC3)cn(C)c1=O. The fraction of sp³-hybridized carbons (Fsp3) is 0.250. The first-order valence-electron chi connectivity index (χ1n) is 9.53. The van der Waals surface area contributed by atoms with Gasteiger partial charge in [0.15, 0.2) is 0 Å². The average molecular weight is 373 g/mol. The summed E-state index contributed by atoms with van der Waals surface area (Å²) in [6, 6.07) is 15.9. The van der Waals surface area contributed by atoms with E-state index < -0.39 is 0 Å². The molecule has 1 aliphatic rings. The summed E-state index contributed by atoms with van der Waals surface area (Å²) in [5, 5.41) is 0. The third-order valence-corrected chi connectivity index (χ3v) is 5.32. The summed E-state index contributed by atoms with van der Waals surface area (Å²) in [5.74, 6) is 1.08. The Balaban J connectivity index is 1.76. The Morgan fingerprint density at radius 2 is 1.79 bits per heavy atom. The molecule has 2 aromatic carbocycles. The molecule has 4 rings (SSSR count). The van der Waals surface area contributed by atoms with E-state index in [-0.39, 0.29) is 11.3 Å². The van der Waals surface area contributed by atoms with Gasteiger partial charge in [0.25, 0.3) is 5.56 Å². The van der Waals surface area contributed by atoms with Crippen molar-refractivity contribution < 1.29 is 9.53 Å². The number of benzene rings is 2. The highest BCUT2D eigenvalue weighted by Crippen LogP contribution is 2.30. The maximum atomic E-state index is 12.1. The van der Waals surface area contributed by atoms with Gasteiger partial charge >= 0.3 is 0 Å². The largest absolute Gasteiger partial charge is 0.489 e. The van der Waals surface area contributed by atoms with Gasteiger partial charge in [0.05, 0.1) is 0 Å². The number of Topliss-reactive ketones (excluding diaryl/α,β-unsaturated/α-hetero) is 1. The highest BCUT2D eigenvalue weighted by atomic mass is 16.5. The fourth-order valence-corrected chi connectivity index (χ4v) is 3.82. The number of pyridine rings is 1. The van der Waals surface area contributed by atoms with Gasteiger partial charge in [-0.05, 0) is 65.4 Å². The van der Waals surface area contributed by atoms with Crippen LogP contribution in [0, 0.1) is 6.92 Å². The molecule has 28 heavy (non-hydrogen) atoms. The quantitative estimate of drug-likeness (QED) is 0.695. The number of carbonyl (C=O) groups excluding carboxylic acids is 1. The molecule has 142 valence electrons. The number of hydrogen-bond donors (Lipinski definition) is 0. The number of ketones is 1. The number of hydrogen-bond acceptors (Lipinski definition) is 3. The van der Waals surface area contributed by atoms with Crippen LogP contribution in [0.1, 0.15) is 28.7 Å². The van der Waals surface area contributed by atoms with Crippen molar-refractivity contribution in [3.8, 4) is 16.9 Å². The van der Waals surface area contributed by atoms with Crippen molar-refractivity contribution >= 4 is 5.78 Å². The standard InChI is InChI=1S/C24H23NO3/c1-16-10-19(14-25(2)24(16)27)18-11-17-8-9-21(26)13-23(17)20(12-18)15-28-22-6-4-3-5-7-22/h3-7,10-12,14H,8-9,13,15H2,1-2H3. The van der Waals surface area contributed by atoms with Crippen LogP contribution in [0.4, 0.5) is 0 Å². The Labute approximate surface area is 164 Å². The molecule has 0 amide bonds. The molecule has 0 fully saturated rings. The molecule has 0 spiro atoms. The summed E-state index contributed by atoms with van der Waals surface area (Å²) < 4.78 is 7.60. The van der Waals surface area contributed by atoms with Gasteiger partial charge in [-0.2, -0.15) is 0 Å². The Morgan fingerprint density at radius 3 is 2.54 bits per heavy atom. The summed E-state index contributed by atoms with van der Waals surface area (Å²) >= 11 is 0. The molecule has 0 atom stereocenters. The number of aryl methyl sites for hydroxylation is 3. The van der Waals surface area contributed by atoms with Gasteiger partial charge < -0.3 is 9.30 Å². The highest BCUT2D eigenvalue weighted by molar-refractivity contribution is 5.84. The molecule has 0 aliphatic heterocycles. The molecule has 0 bridgehead atoms. The zero-order valence-electron chi connectivity index (χ0n) is 16.2. The average Bonchev–Trinajstić information content (AvgIpc) is 2.70. The van der Waals surface area contributed by atoms with Crippen molar-refractivity contribution in [2.24, 2.45) is 7.05 Å². The van der Waals surface area contributed by atoms with Crippen LogP contribution >= 0.6 is 0 Å². The second-order valence-electron chi connectivity index (χ2n) is 7.42. The molecule has 4 heteroatoms. The second-order valence-corrected chi connectivity index (χ2v) is 7.42. The smallest absolute Gasteiger partial charge is 0.253 e. The topological polar surface area (TPSA) is 48.3 Å². The molecule has 0 saturated carbocycles. The van der Waals surface area contributed by atoms with Gasteiger partial charge in [0, 0.05) is 31.6 Å². The van der Waals surface area contributed by atoms with Gasteiger partial charge in [-0.25, -0.2) is 0 Å². The monoisotopic (exact) mass is 373 g/mol. The van der Waals surface area contributed by atoms with Crippen LogP contribution in [0.3, 0.4) is 0 Å². The van der Waals surface area contributed by atoms with Crippen LogP contribution in [0.25, 0.3) is 11.1 Å². The van der Waals surface area contributed by atoms with E-state index in [0.717, 1.165) is 40.0 Å². The lowest BCUT2D eigenvalue weighted by atomic mass is 9.85. The van der Waals surface area contributed by atoms with Gasteiger partial charge in [0.2, 0.25) is 0 Å².